The second-order valence-corrected chi connectivity index (χ2v) is 5.54. The molecular formula is C18H16N4O3. The van der Waals surface area contributed by atoms with Crippen molar-refractivity contribution in [2.75, 3.05) is 17.2 Å². The number of para-hydroxylation sites is 1. The first-order valence-corrected chi connectivity index (χ1v) is 7.67. The molecular weight excluding hydrogens is 320 g/mol. The first kappa shape index (κ1) is 16.4. The topological polar surface area (TPSA) is 99.7 Å². The van der Waals surface area contributed by atoms with Gasteiger partial charge >= 0.3 is 0 Å². The lowest BCUT2D eigenvalue weighted by Crippen LogP contribution is -2.19. The van der Waals surface area contributed by atoms with Crippen molar-refractivity contribution in [1.29, 1.82) is 0 Å². The second-order valence-electron chi connectivity index (χ2n) is 5.54. The predicted octanol–water partition coefficient (Wildman–Crippen LogP) is 2.78. The van der Waals surface area contributed by atoms with Crippen LogP contribution in [-0.4, -0.2) is 18.4 Å². The first-order valence-electron chi connectivity index (χ1n) is 7.67. The molecule has 0 saturated carbocycles. The molecule has 0 aromatic heterocycles. The summed E-state index contributed by atoms with van der Waals surface area (Å²) in [6, 6.07) is 14.5. The van der Waals surface area contributed by atoms with E-state index in [-0.39, 0.29) is 5.91 Å². The number of nitroso groups, excluding NO2 is 1. The van der Waals surface area contributed by atoms with Gasteiger partial charge in [-0.05, 0) is 29.3 Å². The van der Waals surface area contributed by atoms with Crippen molar-refractivity contribution in [1.82, 2.24) is 5.43 Å². The standard InChI is InChI=1S/C18H16N4O3/c1-11(23)20-13-8-6-12(7-9-13)17(18(24)21-22-25)15-10-19-16-5-3-2-4-14(15)16/h2-9,19H,10H2,1H3,(H,20,23)(H,21,24,25). The van der Waals surface area contributed by atoms with Crippen molar-refractivity contribution in [3.05, 3.63) is 64.6 Å². The SMILES string of the molecule is CC(=O)Nc1ccc(C(C(=O)NN=O)=C2CNc3ccccc32)cc1. The Morgan fingerprint density at radius 1 is 1.08 bits per heavy atom. The smallest absolute Gasteiger partial charge is 0.274 e. The summed E-state index contributed by atoms with van der Waals surface area (Å²) in [5.74, 6) is -0.751. The van der Waals surface area contributed by atoms with E-state index in [0.29, 0.717) is 23.4 Å². The summed E-state index contributed by atoms with van der Waals surface area (Å²) in [4.78, 5) is 34.1. The number of nitrogens with one attached hydrogen (secondary N) is 3. The normalized spacial score (nSPS) is 14.1. The van der Waals surface area contributed by atoms with Gasteiger partial charge in [0.05, 0.1) is 10.9 Å². The number of fused-ring (bicyclic) bond motifs is 1. The van der Waals surface area contributed by atoms with Gasteiger partial charge in [-0.2, -0.15) is 0 Å². The summed E-state index contributed by atoms with van der Waals surface area (Å²) in [7, 11) is 0. The molecule has 126 valence electrons. The molecule has 3 rings (SSSR count). The van der Waals surface area contributed by atoms with Crippen molar-refractivity contribution in [3.63, 3.8) is 0 Å². The molecule has 0 fully saturated rings. The van der Waals surface area contributed by atoms with Crippen LogP contribution in [0.3, 0.4) is 0 Å². The van der Waals surface area contributed by atoms with Gasteiger partial charge in [0.15, 0.2) is 0 Å². The molecule has 2 aromatic carbocycles. The molecule has 0 aliphatic carbocycles. The maximum Gasteiger partial charge on any atom is 0.274 e. The highest BCUT2D eigenvalue weighted by Crippen LogP contribution is 2.36. The number of nitrogens with zero attached hydrogens (tertiary/aromatic N) is 1. The summed E-state index contributed by atoms with van der Waals surface area (Å²) < 4.78 is 0. The molecule has 7 heteroatoms. The van der Waals surface area contributed by atoms with Gasteiger partial charge < -0.3 is 10.6 Å². The van der Waals surface area contributed by atoms with Crippen LogP contribution in [0, 0.1) is 4.91 Å². The summed E-state index contributed by atoms with van der Waals surface area (Å²) in [5, 5.41) is 8.41. The van der Waals surface area contributed by atoms with Gasteiger partial charge in [0.2, 0.25) is 5.91 Å². The van der Waals surface area contributed by atoms with Crippen molar-refractivity contribution in [2.24, 2.45) is 5.29 Å². The molecule has 1 heterocycles. The number of hydrogen-bond donors (Lipinski definition) is 3. The molecule has 0 spiro atoms. The van der Waals surface area contributed by atoms with Gasteiger partial charge in [-0.1, -0.05) is 30.3 Å². The number of amides is 2. The molecule has 0 bridgehead atoms. The zero-order chi connectivity index (χ0) is 17.8. The molecule has 0 atom stereocenters. The maximum atomic E-state index is 12.4. The van der Waals surface area contributed by atoms with Crippen LogP contribution in [0.2, 0.25) is 0 Å². The van der Waals surface area contributed by atoms with Crippen LogP contribution in [0.25, 0.3) is 11.1 Å². The van der Waals surface area contributed by atoms with Crippen LogP contribution >= 0.6 is 0 Å². The summed E-state index contributed by atoms with van der Waals surface area (Å²) >= 11 is 0. The van der Waals surface area contributed by atoms with E-state index in [1.807, 2.05) is 29.7 Å². The Kier molecular flexibility index (Phi) is 4.56. The average Bonchev–Trinajstić information content (AvgIpc) is 3.00. The molecule has 0 radical (unpaired) electrons. The Hall–Kier alpha value is -3.48. The summed E-state index contributed by atoms with van der Waals surface area (Å²) in [6.07, 6.45) is 0. The number of rotatable bonds is 4. The van der Waals surface area contributed by atoms with Crippen molar-refractivity contribution in [3.8, 4) is 0 Å². The van der Waals surface area contributed by atoms with Gasteiger partial charge in [-0.15, -0.1) is 4.91 Å². The molecule has 2 amide bonds. The number of anilines is 2. The summed E-state index contributed by atoms with van der Waals surface area (Å²) in [6.45, 7) is 1.89. The Bertz CT molecular complexity index is 872. The Morgan fingerprint density at radius 2 is 1.80 bits per heavy atom. The zero-order valence-electron chi connectivity index (χ0n) is 13.5. The van der Waals surface area contributed by atoms with E-state index in [1.54, 1.807) is 24.3 Å². The van der Waals surface area contributed by atoms with E-state index in [1.165, 1.54) is 6.92 Å². The van der Waals surface area contributed by atoms with Crippen molar-refractivity contribution >= 4 is 34.3 Å². The largest absolute Gasteiger partial charge is 0.380 e. The van der Waals surface area contributed by atoms with Crippen LogP contribution in [0.1, 0.15) is 18.1 Å². The Morgan fingerprint density at radius 3 is 2.48 bits per heavy atom. The maximum absolute atomic E-state index is 12.4. The molecule has 0 saturated heterocycles. The van der Waals surface area contributed by atoms with Crippen LogP contribution in [0.4, 0.5) is 11.4 Å². The molecule has 3 N–H and O–H groups in total. The number of benzene rings is 2. The van der Waals surface area contributed by atoms with Gasteiger partial charge in [0.25, 0.3) is 5.91 Å². The first-order chi connectivity index (χ1) is 12.1. The van der Waals surface area contributed by atoms with Crippen molar-refractivity contribution in [2.45, 2.75) is 6.92 Å². The van der Waals surface area contributed by atoms with Crippen LogP contribution in [0.15, 0.2) is 53.8 Å². The number of carbonyl (C=O) groups is 2. The van der Waals surface area contributed by atoms with E-state index < -0.39 is 5.91 Å². The minimum Gasteiger partial charge on any atom is -0.380 e. The molecule has 1 aliphatic rings. The summed E-state index contributed by atoms with van der Waals surface area (Å²) in [5.41, 5.74) is 6.21. The highest BCUT2D eigenvalue weighted by atomic mass is 16.3. The van der Waals surface area contributed by atoms with Gasteiger partial charge in [0.1, 0.15) is 0 Å². The van der Waals surface area contributed by atoms with Crippen LogP contribution < -0.4 is 16.1 Å². The van der Waals surface area contributed by atoms with E-state index in [9.17, 15) is 14.5 Å². The Balaban J connectivity index is 2.08. The lowest BCUT2D eigenvalue weighted by molar-refractivity contribution is -0.116. The molecule has 0 unspecified atom stereocenters. The number of hydrogen-bond acceptors (Lipinski definition) is 5. The van der Waals surface area contributed by atoms with E-state index in [4.69, 9.17) is 0 Å². The fraction of sp³-hybridized carbons (Fsp3) is 0.111. The highest BCUT2D eigenvalue weighted by Gasteiger charge is 2.24. The van der Waals surface area contributed by atoms with E-state index in [0.717, 1.165) is 16.8 Å². The quantitative estimate of drug-likeness (QED) is 0.454. The minimum absolute atomic E-state index is 0.178. The van der Waals surface area contributed by atoms with E-state index in [2.05, 4.69) is 15.9 Å². The fourth-order valence-electron chi connectivity index (χ4n) is 2.87. The predicted molar refractivity (Wildman–Crippen MR) is 96.4 cm³/mol. The van der Waals surface area contributed by atoms with Crippen molar-refractivity contribution < 1.29 is 9.59 Å². The average molecular weight is 336 g/mol. The molecule has 25 heavy (non-hydrogen) atoms. The van der Waals surface area contributed by atoms with Crippen LogP contribution in [0.5, 0.6) is 0 Å². The molecule has 7 nitrogen and oxygen atoms in total. The Labute approximate surface area is 144 Å². The lowest BCUT2D eigenvalue weighted by atomic mass is 9.95. The minimum atomic E-state index is -0.573. The number of carbonyl (C=O) groups excluding carboxylic acids is 2. The highest BCUT2D eigenvalue weighted by molar-refractivity contribution is 6.28. The monoisotopic (exact) mass is 336 g/mol. The molecule has 2 aromatic rings. The van der Waals surface area contributed by atoms with Gasteiger partial charge in [-0.3, -0.25) is 9.59 Å². The lowest BCUT2D eigenvalue weighted by Gasteiger charge is -2.11. The third-order valence-electron chi connectivity index (χ3n) is 3.88. The fourth-order valence-corrected chi connectivity index (χ4v) is 2.87. The third kappa shape index (κ3) is 3.40. The van der Waals surface area contributed by atoms with Gasteiger partial charge in [-0.25, -0.2) is 5.43 Å². The van der Waals surface area contributed by atoms with E-state index >= 15 is 0 Å². The van der Waals surface area contributed by atoms with Crippen LogP contribution in [-0.2, 0) is 9.59 Å². The van der Waals surface area contributed by atoms with Gasteiger partial charge in [0, 0.05) is 30.4 Å². The molecule has 1 aliphatic heterocycles. The second kappa shape index (κ2) is 6.96. The third-order valence-corrected chi connectivity index (χ3v) is 3.88. The zero-order valence-corrected chi connectivity index (χ0v) is 13.5.